The van der Waals surface area contributed by atoms with Gasteiger partial charge in [0, 0.05) is 18.3 Å². The van der Waals surface area contributed by atoms with Crippen LogP contribution in [0.5, 0.6) is 0 Å². The molecule has 2 rings (SSSR count). The molecule has 0 aliphatic carbocycles. The monoisotopic (exact) mass is 382 g/mol. The number of anilines is 1. The number of hydrogen-bond donors (Lipinski definition) is 1. The van der Waals surface area contributed by atoms with Gasteiger partial charge in [0.2, 0.25) is 5.91 Å². The van der Waals surface area contributed by atoms with Crippen molar-refractivity contribution in [1.82, 2.24) is 4.90 Å². The number of likely N-dealkylation sites (N-methyl/N-ethyl adjacent to an activating group) is 1. The molecule has 28 heavy (non-hydrogen) atoms. The van der Waals surface area contributed by atoms with E-state index in [4.69, 9.17) is 4.74 Å². The SMILES string of the molecule is Cc1ccc(NC(=O)CN(C)C(=O)[C@H](C)OC(=O)c2ccc(C=O)cc2)cc1. The third kappa shape index (κ3) is 5.77. The molecule has 0 spiro atoms. The highest BCUT2D eigenvalue weighted by atomic mass is 16.5. The summed E-state index contributed by atoms with van der Waals surface area (Å²) in [5.74, 6) is -1.55. The van der Waals surface area contributed by atoms with E-state index in [1.54, 1.807) is 12.1 Å². The highest BCUT2D eigenvalue weighted by molar-refractivity contribution is 5.96. The van der Waals surface area contributed by atoms with Crippen LogP contribution >= 0.6 is 0 Å². The first-order chi connectivity index (χ1) is 13.3. The lowest BCUT2D eigenvalue weighted by Crippen LogP contribution is -2.41. The van der Waals surface area contributed by atoms with E-state index in [1.807, 2.05) is 19.1 Å². The second kappa shape index (κ2) is 9.45. The Bertz CT molecular complexity index is 859. The molecule has 146 valence electrons. The van der Waals surface area contributed by atoms with Crippen molar-refractivity contribution in [3.05, 3.63) is 65.2 Å². The van der Waals surface area contributed by atoms with E-state index in [9.17, 15) is 19.2 Å². The van der Waals surface area contributed by atoms with Crippen molar-refractivity contribution in [3.8, 4) is 0 Å². The fourth-order valence-electron chi connectivity index (χ4n) is 2.42. The Morgan fingerprint density at radius 3 is 2.25 bits per heavy atom. The van der Waals surface area contributed by atoms with Crippen LogP contribution in [-0.4, -0.2) is 48.7 Å². The predicted molar refractivity (Wildman–Crippen MR) is 104 cm³/mol. The molecule has 7 nitrogen and oxygen atoms in total. The van der Waals surface area contributed by atoms with Gasteiger partial charge >= 0.3 is 5.97 Å². The number of aldehydes is 1. The Kier molecular flexibility index (Phi) is 7.03. The lowest BCUT2D eigenvalue weighted by Gasteiger charge is -2.21. The second-order valence-electron chi connectivity index (χ2n) is 6.40. The van der Waals surface area contributed by atoms with Crippen LogP contribution in [0.4, 0.5) is 5.69 Å². The number of nitrogens with one attached hydrogen (secondary N) is 1. The molecular weight excluding hydrogens is 360 g/mol. The van der Waals surface area contributed by atoms with E-state index in [0.717, 1.165) is 5.56 Å². The van der Waals surface area contributed by atoms with Crippen LogP contribution in [0.15, 0.2) is 48.5 Å². The van der Waals surface area contributed by atoms with Gasteiger partial charge in [0.25, 0.3) is 5.91 Å². The normalized spacial score (nSPS) is 11.2. The Labute approximate surface area is 163 Å². The summed E-state index contributed by atoms with van der Waals surface area (Å²) in [5, 5.41) is 2.70. The van der Waals surface area contributed by atoms with E-state index in [2.05, 4.69) is 5.32 Å². The predicted octanol–water partition coefficient (Wildman–Crippen LogP) is 2.45. The summed E-state index contributed by atoms with van der Waals surface area (Å²) < 4.78 is 5.16. The molecule has 0 fully saturated rings. The molecule has 0 saturated carbocycles. The van der Waals surface area contributed by atoms with Crippen molar-refractivity contribution < 1.29 is 23.9 Å². The number of amides is 2. The number of carbonyl (C=O) groups is 4. The maximum Gasteiger partial charge on any atom is 0.338 e. The first kappa shape index (κ1) is 20.8. The average molecular weight is 382 g/mol. The maximum atomic E-state index is 12.4. The third-order valence-electron chi connectivity index (χ3n) is 4.01. The largest absolute Gasteiger partial charge is 0.449 e. The number of carbonyl (C=O) groups excluding carboxylic acids is 4. The van der Waals surface area contributed by atoms with Gasteiger partial charge in [0.15, 0.2) is 6.10 Å². The Balaban J connectivity index is 1.88. The van der Waals surface area contributed by atoms with Crippen LogP contribution in [0.2, 0.25) is 0 Å². The molecule has 0 unspecified atom stereocenters. The van der Waals surface area contributed by atoms with Gasteiger partial charge in [-0.25, -0.2) is 4.79 Å². The minimum absolute atomic E-state index is 0.178. The molecule has 0 saturated heterocycles. The summed E-state index contributed by atoms with van der Waals surface area (Å²) >= 11 is 0. The van der Waals surface area contributed by atoms with Crippen LogP contribution in [0.25, 0.3) is 0 Å². The number of hydrogen-bond acceptors (Lipinski definition) is 5. The minimum Gasteiger partial charge on any atom is -0.449 e. The molecule has 1 atom stereocenters. The van der Waals surface area contributed by atoms with E-state index < -0.39 is 18.0 Å². The lowest BCUT2D eigenvalue weighted by molar-refractivity contribution is -0.140. The van der Waals surface area contributed by atoms with Crippen molar-refractivity contribution in [2.45, 2.75) is 20.0 Å². The van der Waals surface area contributed by atoms with E-state index in [1.165, 1.54) is 43.1 Å². The van der Waals surface area contributed by atoms with E-state index in [0.29, 0.717) is 17.5 Å². The van der Waals surface area contributed by atoms with Crippen LogP contribution < -0.4 is 5.32 Å². The molecule has 2 aromatic rings. The van der Waals surface area contributed by atoms with Gasteiger partial charge in [0.05, 0.1) is 12.1 Å². The highest BCUT2D eigenvalue weighted by Gasteiger charge is 2.23. The standard InChI is InChI=1S/C21H22N2O5/c1-14-4-10-18(11-5-14)22-19(25)12-23(3)20(26)15(2)28-21(27)17-8-6-16(13-24)7-9-17/h4-11,13,15H,12H2,1-3H3,(H,22,25)/t15-/m0/s1. The summed E-state index contributed by atoms with van der Waals surface area (Å²) in [6.07, 6.45) is -0.395. The molecule has 0 bridgehead atoms. The van der Waals surface area contributed by atoms with Crippen molar-refractivity contribution >= 4 is 29.8 Å². The molecule has 0 heterocycles. The first-order valence-corrected chi connectivity index (χ1v) is 8.68. The van der Waals surface area contributed by atoms with Gasteiger partial charge in [-0.15, -0.1) is 0 Å². The number of benzene rings is 2. The summed E-state index contributed by atoms with van der Waals surface area (Å²) in [4.78, 5) is 48.4. The molecule has 1 N–H and O–H groups in total. The summed E-state index contributed by atoms with van der Waals surface area (Å²) in [6.45, 7) is 3.20. The van der Waals surface area contributed by atoms with Gasteiger partial charge in [-0.2, -0.15) is 0 Å². The number of esters is 1. The van der Waals surface area contributed by atoms with Crippen molar-refractivity contribution in [1.29, 1.82) is 0 Å². The van der Waals surface area contributed by atoms with Gasteiger partial charge in [0.1, 0.15) is 6.29 Å². The second-order valence-corrected chi connectivity index (χ2v) is 6.40. The number of nitrogens with zero attached hydrogens (tertiary/aromatic N) is 1. The zero-order valence-corrected chi connectivity index (χ0v) is 16.0. The molecular formula is C21H22N2O5. The molecule has 0 aliphatic heterocycles. The zero-order valence-electron chi connectivity index (χ0n) is 16.0. The Morgan fingerprint density at radius 2 is 1.68 bits per heavy atom. The van der Waals surface area contributed by atoms with Gasteiger partial charge in [-0.1, -0.05) is 29.8 Å². The third-order valence-corrected chi connectivity index (χ3v) is 4.01. The molecule has 2 aromatic carbocycles. The highest BCUT2D eigenvalue weighted by Crippen LogP contribution is 2.10. The maximum absolute atomic E-state index is 12.4. The molecule has 0 aliphatic rings. The van der Waals surface area contributed by atoms with Gasteiger partial charge in [-0.05, 0) is 38.1 Å². The average Bonchev–Trinajstić information content (AvgIpc) is 2.68. The Hall–Kier alpha value is -3.48. The quantitative estimate of drug-likeness (QED) is 0.587. The van der Waals surface area contributed by atoms with Crippen molar-refractivity contribution in [2.24, 2.45) is 0 Å². The molecule has 2 amide bonds. The summed E-state index contributed by atoms with van der Waals surface area (Å²) in [7, 11) is 1.46. The topological polar surface area (TPSA) is 92.8 Å². The zero-order chi connectivity index (χ0) is 20.7. The number of rotatable bonds is 7. The van der Waals surface area contributed by atoms with Gasteiger partial charge in [-0.3, -0.25) is 14.4 Å². The smallest absolute Gasteiger partial charge is 0.338 e. The van der Waals surface area contributed by atoms with Crippen LogP contribution in [0, 0.1) is 6.92 Å². The van der Waals surface area contributed by atoms with E-state index >= 15 is 0 Å². The number of aryl methyl sites for hydroxylation is 1. The summed E-state index contributed by atoms with van der Waals surface area (Å²) in [6, 6.07) is 13.1. The minimum atomic E-state index is -1.06. The fraction of sp³-hybridized carbons (Fsp3) is 0.238. The van der Waals surface area contributed by atoms with Crippen molar-refractivity contribution in [3.63, 3.8) is 0 Å². The lowest BCUT2D eigenvalue weighted by atomic mass is 10.1. The fourth-order valence-corrected chi connectivity index (χ4v) is 2.42. The number of ether oxygens (including phenoxy) is 1. The van der Waals surface area contributed by atoms with E-state index in [-0.39, 0.29) is 18.0 Å². The van der Waals surface area contributed by atoms with Crippen LogP contribution in [0.1, 0.15) is 33.2 Å². The first-order valence-electron chi connectivity index (χ1n) is 8.68. The van der Waals surface area contributed by atoms with Crippen LogP contribution in [0.3, 0.4) is 0 Å². The van der Waals surface area contributed by atoms with Crippen LogP contribution in [-0.2, 0) is 14.3 Å². The summed E-state index contributed by atoms with van der Waals surface area (Å²) in [5.41, 5.74) is 2.36. The molecule has 7 heteroatoms. The Morgan fingerprint density at radius 1 is 1.07 bits per heavy atom. The molecule has 0 radical (unpaired) electrons. The molecule has 0 aromatic heterocycles. The van der Waals surface area contributed by atoms with Gasteiger partial charge < -0.3 is 15.0 Å². The van der Waals surface area contributed by atoms with Crippen molar-refractivity contribution in [2.75, 3.05) is 18.9 Å².